The minimum Gasteiger partial charge on any atom is -0.202 e. The highest BCUT2D eigenvalue weighted by Gasteiger charge is 2.23. The molecule has 0 radical (unpaired) electrons. The first kappa shape index (κ1) is 10.9. The molecule has 1 heterocycles. The second-order valence-corrected chi connectivity index (χ2v) is 5.11. The van der Waals surface area contributed by atoms with E-state index in [9.17, 15) is 8.42 Å². The van der Waals surface area contributed by atoms with Crippen LogP contribution in [0, 0.1) is 0 Å². The summed E-state index contributed by atoms with van der Waals surface area (Å²) in [5.74, 6) is 0. The van der Waals surface area contributed by atoms with Gasteiger partial charge in [-0.15, -0.1) is 0 Å². The number of nitrogens with zero attached hydrogens (tertiary/aromatic N) is 1. The molecule has 78 valence electrons. The van der Waals surface area contributed by atoms with E-state index in [1.165, 1.54) is 4.31 Å². The number of rotatable bonds is 5. The van der Waals surface area contributed by atoms with Crippen LogP contribution in [0.25, 0.3) is 0 Å². The van der Waals surface area contributed by atoms with Crippen LogP contribution >= 0.6 is 0 Å². The third-order valence-corrected chi connectivity index (χ3v) is 3.83. The van der Waals surface area contributed by atoms with Gasteiger partial charge in [0.2, 0.25) is 0 Å². The Kier molecular flexibility index (Phi) is 4.15. The number of hydrogen-bond acceptors (Lipinski definition) is 2. The van der Waals surface area contributed by atoms with Crippen molar-refractivity contribution >= 4 is 10.2 Å². The summed E-state index contributed by atoms with van der Waals surface area (Å²) in [7, 11) is -3.15. The average molecular weight is 206 g/mol. The van der Waals surface area contributed by atoms with E-state index in [-0.39, 0.29) is 0 Å². The number of unbranched alkanes of at least 4 members (excludes halogenated alkanes) is 1. The molecule has 13 heavy (non-hydrogen) atoms. The van der Waals surface area contributed by atoms with Crippen molar-refractivity contribution in [2.24, 2.45) is 0 Å². The van der Waals surface area contributed by atoms with Gasteiger partial charge in [-0.1, -0.05) is 13.3 Å². The van der Waals surface area contributed by atoms with Gasteiger partial charge in [-0.25, -0.2) is 4.72 Å². The smallest absolute Gasteiger partial charge is 0.202 e. The lowest BCUT2D eigenvalue weighted by Gasteiger charge is -2.15. The zero-order chi connectivity index (χ0) is 9.73. The van der Waals surface area contributed by atoms with Crippen LogP contribution in [0.3, 0.4) is 0 Å². The van der Waals surface area contributed by atoms with Gasteiger partial charge in [0.1, 0.15) is 0 Å². The van der Waals surface area contributed by atoms with Crippen LogP contribution in [0.1, 0.15) is 32.6 Å². The molecule has 0 aliphatic carbocycles. The van der Waals surface area contributed by atoms with Gasteiger partial charge >= 0.3 is 0 Å². The quantitative estimate of drug-likeness (QED) is 0.674. The van der Waals surface area contributed by atoms with E-state index >= 15 is 0 Å². The molecular formula is C8H18N2O2S. The lowest BCUT2D eigenvalue weighted by atomic mass is 10.3. The molecule has 0 unspecified atom stereocenters. The van der Waals surface area contributed by atoms with Gasteiger partial charge in [-0.3, -0.25) is 0 Å². The minimum atomic E-state index is -3.15. The summed E-state index contributed by atoms with van der Waals surface area (Å²) in [6, 6.07) is 0. The van der Waals surface area contributed by atoms with Crippen LogP contribution in [0.15, 0.2) is 0 Å². The summed E-state index contributed by atoms with van der Waals surface area (Å²) < 4.78 is 27.2. The van der Waals surface area contributed by atoms with Gasteiger partial charge in [0.05, 0.1) is 0 Å². The van der Waals surface area contributed by atoms with E-state index in [4.69, 9.17) is 0 Å². The van der Waals surface area contributed by atoms with Crippen LogP contribution in [0.4, 0.5) is 0 Å². The molecule has 0 aromatic carbocycles. The molecular weight excluding hydrogens is 188 g/mol. The molecule has 1 aliphatic heterocycles. The monoisotopic (exact) mass is 206 g/mol. The number of nitrogens with one attached hydrogen (secondary N) is 1. The SMILES string of the molecule is CCCCNS(=O)(=O)N1CCCC1. The Morgan fingerprint density at radius 2 is 1.92 bits per heavy atom. The Hall–Kier alpha value is -0.130. The van der Waals surface area contributed by atoms with Crippen molar-refractivity contribution in [3.63, 3.8) is 0 Å². The molecule has 1 N–H and O–H groups in total. The molecule has 5 heteroatoms. The molecule has 1 saturated heterocycles. The molecule has 1 rings (SSSR count). The highest BCUT2D eigenvalue weighted by atomic mass is 32.2. The second kappa shape index (κ2) is 4.93. The summed E-state index contributed by atoms with van der Waals surface area (Å²) in [5.41, 5.74) is 0. The third-order valence-electron chi connectivity index (χ3n) is 2.22. The van der Waals surface area contributed by atoms with E-state index < -0.39 is 10.2 Å². The standard InChI is InChI=1S/C8H18N2O2S/c1-2-3-6-9-13(11,12)10-7-4-5-8-10/h9H,2-8H2,1H3. The van der Waals surface area contributed by atoms with Crippen molar-refractivity contribution in [2.75, 3.05) is 19.6 Å². The summed E-state index contributed by atoms with van der Waals surface area (Å²) in [6.07, 6.45) is 3.92. The Morgan fingerprint density at radius 3 is 2.46 bits per heavy atom. The first-order chi connectivity index (χ1) is 6.17. The van der Waals surface area contributed by atoms with Crippen molar-refractivity contribution in [3.8, 4) is 0 Å². The summed E-state index contributed by atoms with van der Waals surface area (Å²) >= 11 is 0. The summed E-state index contributed by atoms with van der Waals surface area (Å²) in [4.78, 5) is 0. The van der Waals surface area contributed by atoms with Crippen LogP contribution in [-0.2, 0) is 10.2 Å². The van der Waals surface area contributed by atoms with Crippen LogP contribution in [0.5, 0.6) is 0 Å². The first-order valence-electron chi connectivity index (χ1n) is 4.91. The lowest BCUT2D eigenvalue weighted by Crippen LogP contribution is -2.39. The van der Waals surface area contributed by atoms with E-state index in [1.54, 1.807) is 0 Å². The van der Waals surface area contributed by atoms with Crippen LogP contribution in [0.2, 0.25) is 0 Å². The predicted octanol–water partition coefficient (Wildman–Crippen LogP) is 0.717. The van der Waals surface area contributed by atoms with Gasteiger partial charge in [-0.05, 0) is 19.3 Å². The van der Waals surface area contributed by atoms with Crippen molar-refractivity contribution in [1.82, 2.24) is 9.03 Å². The van der Waals surface area contributed by atoms with Crippen molar-refractivity contribution < 1.29 is 8.42 Å². The Labute approximate surface area is 80.5 Å². The van der Waals surface area contributed by atoms with Gasteiger partial charge < -0.3 is 0 Å². The van der Waals surface area contributed by atoms with Crippen LogP contribution < -0.4 is 4.72 Å². The molecule has 0 amide bonds. The van der Waals surface area contributed by atoms with Crippen LogP contribution in [-0.4, -0.2) is 32.4 Å². The second-order valence-electron chi connectivity index (χ2n) is 3.36. The molecule has 0 aromatic rings. The summed E-state index contributed by atoms with van der Waals surface area (Å²) in [5, 5.41) is 0. The third kappa shape index (κ3) is 3.25. The normalized spacial score (nSPS) is 19.5. The first-order valence-corrected chi connectivity index (χ1v) is 6.35. The fraction of sp³-hybridized carbons (Fsp3) is 1.00. The molecule has 4 nitrogen and oxygen atoms in total. The van der Waals surface area contributed by atoms with Crippen molar-refractivity contribution in [2.45, 2.75) is 32.6 Å². The van der Waals surface area contributed by atoms with Crippen molar-refractivity contribution in [3.05, 3.63) is 0 Å². The molecule has 0 bridgehead atoms. The molecule has 0 aromatic heterocycles. The fourth-order valence-electron chi connectivity index (χ4n) is 1.40. The molecule has 1 aliphatic rings. The van der Waals surface area contributed by atoms with E-state index in [0.29, 0.717) is 19.6 Å². The Balaban J connectivity index is 2.36. The van der Waals surface area contributed by atoms with Gasteiger partial charge in [0, 0.05) is 19.6 Å². The molecule has 1 fully saturated rings. The summed E-state index contributed by atoms with van der Waals surface area (Å²) in [6.45, 7) is 3.97. The van der Waals surface area contributed by atoms with Crippen molar-refractivity contribution in [1.29, 1.82) is 0 Å². The number of hydrogen-bond donors (Lipinski definition) is 1. The highest BCUT2D eigenvalue weighted by molar-refractivity contribution is 7.87. The largest absolute Gasteiger partial charge is 0.279 e. The highest BCUT2D eigenvalue weighted by Crippen LogP contribution is 2.10. The lowest BCUT2D eigenvalue weighted by molar-refractivity contribution is 0.464. The predicted molar refractivity (Wildman–Crippen MR) is 52.6 cm³/mol. The Morgan fingerprint density at radius 1 is 1.31 bits per heavy atom. The van der Waals surface area contributed by atoms with Gasteiger partial charge in [-0.2, -0.15) is 12.7 Å². The Bertz CT molecular complexity index is 233. The zero-order valence-corrected chi connectivity index (χ0v) is 8.94. The topological polar surface area (TPSA) is 49.4 Å². The molecule has 0 saturated carbocycles. The molecule has 0 atom stereocenters. The maximum absolute atomic E-state index is 11.5. The zero-order valence-electron chi connectivity index (χ0n) is 8.12. The molecule has 0 spiro atoms. The maximum Gasteiger partial charge on any atom is 0.279 e. The minimum absolute atomic E-state index is 0.565. The fourth-order valence-corrected chi connectivity index (χ4v) is 2.72. The maximum atomic E-state index is 11.5. The van der Waals surface area contributed by atoms with E-state index in [1.807, 2.05) is 6.92 Å². The van der Waals surface area contributed by atoms with E-state index in [0.717, 1.165) is 25.7 Å². The van der Waals surface area contributed by atoms with Gasteiger partial charge in [0.15, 0.2) is 0 Å². The van der Waals surface area contributed by atoms with E-state index in [2.05, 4.69) is 4.72 Å². The average Bonchev–Trinajstić information content (AvgIpc) is 2.56. The van der Waals surface area contributed by atoms with Gasteiger partial charge in [0.25, 0.3) is 10.2 Å².